The third kappa shape index (κ3) is 13.7. The minimum atomic E-state index is -0.994. The summed E-state index contributed by atoms with van der Waals surface area (Å²) in [6.45, 7) is 1.10. The molecule has 12 N–H and O–H groups in total. The number of amides is 3. The van der Waals surface area contributed by atoms with Crippen LogP contribution in [0.15, 0.2) is 109 Å². The van der Waals surface area contributed by atoms with Crippen molar-refractivity contribution in [3.8, 4) is 22.3 Å². The fourth-order valence-electron chi connectivity index (χ4n) is 5.89. The summed E-state index contributed by atoms with van der Waals surface area (Å²) in [7, 11) is 0. The summed E-state index contributed by atoms with van der Waals surface area (Å²) in [6.07, 6.45) is 2.23. The van der Waals surface area contributed by atoms with E-state index in [1.807, 2.05) is 109 Å². The van der Waals surface area contributed by atoms with E-state index < -0.39 is 23.9 Å². The third-order valence-electron chi connectivity index (χ3n) is 8.77. The monoisotopic (exact) mass is 732 g/mol. The summed E-state index contributed by atoms with van der Waals surface area (Å²) in [5, 5.41) is 26.0. The van der Waals surface area contributed by atoms with E-state index in [1.165, 1.54) is 4.90 Å². The summed E-state index contributed by atoms with van der Waals surface area (Å²) >= 11 is 0. The lowest BCUT2D eigenvalue weighted by Gasteiger charge is -2.29. The van der Waals surface area contributed by atoms with Gasteiger partial charge in [-0.25, -0.2) is 0 Å². The average molecular weight is 733 g/mol. The van der Waals surface area contributed by atoms with Crippen LogP contribution in [0.5, 0.6) is 0 Å². The van der Waals surface area contributed by atoms with E-state index in [0.29, 0.717) is 38.9 Å². The molecule has 0 spiro atoms. The zero-order chi connectivity index (χ0) is 38.7. The molecule has 0 saturated carbocycles. The summed E-state index contributed by atoms with van der Waals surface area (Å²) < 4.78 is 0. The van der Waals surface area contributed by atoms with Crippen LogP contribution in [0.1, 0.15) is 36.8 Å². The topological polar surface area (TPSA) is 228 Å². The summed E-state index contributed by atoms with van der Waals surface area (Å²) in [5.41, 5.74) is 23.1. The first-order valence-electron chi connectivity index (χ1n) is 18.1. The number of carbonyl (C=O) groups is 3. The molecule has 0 fully saturated rings. The van der Waals surface area contributed by atoms with Gasteiger partial charge in [-0.05, 0) is 65.5 Å². The molecule has 0 radical (unpaired) electrons. The second-order valence-electron chi connectivity index (χ2n) is 13.1. The number of rotatable bonds is 20. The van der Waals surface area contributed by atoms with Gasteiger partial charge in [-0.15, -0.1) is 0 Å². The molecule has 2 atom stereocenters. The van der Waals surface area contributed by atoms with Gasteiger partial charge in [0.1, 0.15) is 6.04 Å². The van der Waals surface area contributed by atoms with Gasteiger partial charge in [-0.2, -0.15) is 0 Å². The first-order chi connectivity index (χ1) is 26.1. The maximum atomic E-state index is 14.3. The van der Waals surface area contributed by atoms with Gasteiger partial charge >= 0.3 is 0 Å². The first-order valence-corrected chi connectivity index (χ1v) is 18.1. The number of guanidine groups is 2. The Labute approximate surface area is 317 Å². The van der Waals surface area contributed by atoms with Crippen LogP contribution < -0.4 is 38.5 Å². The molecule has 284 valence electrons. The summed E-state index contributed by atoms with van der Waals surface area (Å²) in [4.78, 5) is 42.5. The molecule has 54 heavy (non-hydrogen) atoms. The molecule has 0 aliphatic carbocycles. The van der Waals surface area contributed by atoms with Gasteiger partial charge in [0.2, 0.25) is 17.7 Å². The van der Waals surface area contributed by atoms with Crippen molar-refractivity contribution in [2.75, 3.05) is 26.2 Å². The van der Waals surface area contributed by atoms with Crippen molar-refractivity contribution in [2.45, 2.75) is 50.7 Å². The molecule has 4 rings (SSSR count). The van der Waals surface area contributed by atoms with Gasteiger partial charge in [-0.3, -0.25) is 25.2 Å². The molecule has 0 aliphatic rings. The first kappa shape index (κ1) is 40.6. The van der Waals surface area contributed by atoms with E-state index in [9.17, 15) is 14.4 Å². The molecule has 0 aromatic heterocycles. The summed E-state index contributed by atoms with van der Waals surface area (Å²) in [6, 6.07) is 33.6. The van der Waals surface area contributed by atoms with E-state index in [1.54, 1.807) is 0 Å². The molecule has 0 aliphatic heterocycles. The molecule has 0 saturated heterocycles. The van der Waals surface area contributed by atoms with Crippen LogP contribution in [0.4, 0.5) is 0 Å². The van der Waals surface area contributed by atoms with Gasteiger partial charge in [-0.1, -0.05) is 109 Å². The van der Waals surface area contributed by atoms with Crippen molar-refractivity contribution >= 4 is 29.6 Å². The fourth-order valence-corrected chi connectivity index (χ4v) is 5.89. The molecule has 0 unspecified atom stereocenters. The van der Waals surface area contributed by atoms with Crippen molar-refractivity contribution in [1.29, 1.82) is 10.8 Å². The highest BCUT2D eigenvalue weighted by atomic mass is 16.2. The minimum Gasteiger partial charge on any atom is -0.370 e. The average Bonchev–Trinajstić information content (AvgIpc) is 3.17. The van der Waals surface area contributed by atoms with Crippen LogP contribution in [0, 0.1) is 10.8 Å². The number of benzene rings is 4. The van der Waals surface area contributed by atoms with E-state index in [4.69, 9.17) is 28.0 Å². The zero-order valence-electron chi connectivity index (χ0n) is 30.5. The Morgan fingerprint density at radius 2 is 1.07 bits per heavy atom. The van der Waals surface area contributed by atoms with E-state index in [0.717, 1.165) is 33.4 Å². The molecular formula is C41H52N10O3. The third-order valence-corrected chi connectivity index (χ3v) is 8.77. The molecule has 4 aromatic carbocycles. The van der Waals surface area contributed by atoms with Crippen molar-refractivity contribution in [2.24, 2.45) is 17.2 Å². The SMILES string of the molecule is N=C(N)NCCCCNC(=O)CN(Cc1ccc(-c2ccccc2)cc1)C(=O)[C@@H](CCCNC(=N)N)NC(=O)[C@H](N)Cc1ccc(-c2ccccc2)cc1. The number of hydrogen-bond acceptors (Lipinski definition) is 6. The van der Waals surface area contributed by atoms with Gasteiger partial charge < -0.3 is 43.4 Å². The molecule has 13 heteroatoms. The van der Waals surface area contributed by atoms with Gasteiger partial charge in [0, 0.05) is 26.2 Å². The van der Waals surface area contributed by atoms with Gasteiger partial charge in [0.25, 0.3) is 0 Å². The van der Waals surface area contributed by atoms with Crippen LogP contribution in [0.25, 0.3) is 22.3 Å². The molecule has 13 nitrogen and oxygen atoms in total. The maximum absolute atomic E-state index is 14.3. The fraction of sp³-hybridized carbons (Fsp3) is 0.293. The molecular weight excluding hydrogens is 681 g/mol. The Kier molecular flexibility index (Phi) is 16.0. The van der Waals surface area contributed by atoms with Crippen molar-refractivity contribution < 1.29 is 14.4 Å². The summed E-state index contributed by atoms with van der Waals surface area (Å²) in [5.74, 6) is -1.57. The Morgan fingerprint density at radius 1 is 0.611 bits per heavy atom. The highest BCUT2D eigenvalue weighted by Gasteiger charge is 2.29. The molecule has 3 amide bonds. The predicted octanol–water partition coefficient (Wildman–Crippen LogP) is 3.05. The molecule has 4 aromatic rings. The van der Waals surface area contributed by atoms with Crippen LogP contribution in [0.2, 0.25) is 0 Å². The second-order valence-corrected chi connectivity index (χ2v) is 13.1. The van der Waals surface area contributed by atoms with Crippen LogP contribution >= 0.6 is 0 Å². The molecule has 0 heterocycles. The Morgan fingerprint density at radius 3 is 1.59 bits per heavy atom. The predicted molar refractivity (Wildman–Crippen MR) is 214 cm³/mol. The number of carbonyl (C=O) groups excluding carboxylic acids is 3. The Balaban J connectivity index is 1.48. The smallest absolute Gasteiger partial charge is 0.245 e. The number of hydrogen-bond donors (Lipinski definition) is 9. The highest BCUT2D eigenvalue weighted by Crippen LogP contribution is 2.21. The number of nitrogens with zero attached hydrogens (tertiary/aromatic N) is 1. The lowest BCUT2D eigenvalue weighted by molar-refractivity contribution is -0.140. The zero-order valence-corrected chi connectivity index (χ0v) is 30.5. The van der Waals surface area contributed by atoms with Crippen LogP contribution in [-0.2, 0) is 27.3 Å². The number of unbranched alkanes of at least 4 members (excludes halogenated alkanes) is 1. The number of nitrogens with two attached hydrogens (primary N) is 3. The minimum absolute atomic E-state index is 0.109. The van der Waals surface area contributed by atoms with E-state index >= 15 is 0 Å². The van der Waals surface area contributed by atoms with Crippen LogP contribution in [-0.4, -0.2) is 72.8 Å². The van der Waals surface area contributed by atoms with Gasteiger partial charge in [0.15, 0.2) is 11.9 Å². The van der Waals surface area contributed by atoms with E-state index in [2.05, 4.69) is 21.3 Å². The van der Waals surface area contributed by atoms with Crippen LogP contribution in [0.3, 0.4) is 0 Å². The van der Waals surface area contributed by atoms with Crippen molar-refractivity contribution in [1.82, 2.24) is 26.2 Å². The Hall–Kier alpha value is -6.21. The second kappa shape index (κ2) is 21.3. The Bertz CT molecular complexity index is 1800. The lowest BCUT2D eigenvalue weighted by atomic mass is 10.00. The lowest BCUT2D eigenvalue weighted by Crippen LogP contribution is -2.54. The largest absolute Gasteiger partial charge is 0.370 e. The van der Waals surface area contributed by atoms with Crippen molar-refractivity contribution in [3.05, 3.63) is 120 Å². The van der Waals surface area contributed by atoms with Gasteiger partial charge in [0.05, 0.1) is 12.6 Å². The standard InChI is InChI=1S/C41H52N10O3/c42-35(26-29-15-19-33(20-16-29)31-10-3-1-4-11-31)38(53)50-36(14-9-25-49-41(45)46)39(54)51(28-37(52)47-23-7-8-24-48-40(43)44)27-30-17-21-34(22-18-30)32-12-5-2-6-13-32/h1-6,10-13,15-22,35-36H,7-9,14,23-28,42H2,(H,47,52)(H,50,53)(H4,43,44,48)(H4,45,46,49)/t35-,36-/m1/s1. The normalized spacial score (nSPS) is 11.8. The maximum Gasteiger partial charge on any atom is 0.245 e. The number of nitrogens with one attached hydrogen (secondary N) is 6. The quantitative estimate of drug-likeness (QED) is 0.0372. The highest BCUT2D eigenvalue weighted by molar-refractivity contribution is 5.92. The van der Waals surface area contributed by atoms with E-state index in [-0.39, 0.29) is 43.8 Å². The van der Waals surface area contributed by atoms with Crippen molar-refractivity contribution in [3.63, 3.8) is 0 Å². The molecule has 0 bridgehead atoms.